The number of rotatable bonds is 5. The van der Waals surface area contributed by atoms with Crippen LogP contribution in [-0.4, -0.2) is 11.9 Å². The lowest BCUT2D eigenvalue weighted by Gasteiger charge is -2.22. The van der Waals surface area contributed by atoms with Crippen molar-refractivity contribution in [1.29, 1.82) is 0 Å². The van der Waals surface area contributed by atoms with E-state index in [1.165, 1.54) is 32.1 Å². The number of nitrogens with one attached hydrogen (secondary N) is 1. The molecule has 1 atom stereocenters. The van der Waals surface area contributed by atoms with Crippen molar-refractivity contribution in [2.45, 2.75) is 64.3 Å². The van der Waals surface area contributed by atoms with Gasteiger partial charge >= 0.3 is 0 Å². The van der Waals surface area contributed by atoms with Gasteiger partial charge in [-0.05, 0) is 25.7 Å². The summed E-state index contributed by atoms with van der Waals surface area (Å²) < 4.78 is 0. The lowest BCUT2D eigenvalue weighted by atomic mass is 9.95. The van der Waals surface area contributed by atoms with Crippen molar-refractivity contribution in [3.63, 3.8) is 0 Å². The van der Waals surface area contributed by atoms with Gasteiger partial charge in [0.05, 0.1) is 0 Å². The second kappa shape index (κ2) is 6.86. The fraction of sp³-hybridized carbons (Fsp3) is 0.833. The van der Waals surface area contributed by atoms with Crippen LogP contribution in [0.25, 0.3) is 0 Å². The summed E-state index contributed by atoms with van der Waals surface area (Å²) in [5.74, 6) is 0.238. The zero-order chi connectivity index (χ0) is 10.2. The predicted octanol–water partition coefficient (Wildman–Crippen LogP) is 2.83. The summed E-state index contributed by atoms with van der Waals surface area (Å²) in [5, 5.41) is 3.08. The molecule has 1 amide bonds. The van der Waals surface area contributed by atoms with Gasteiger partial charge in [-0.25, -0.2) is 0 Å². The van der Waals surface area contributed by atoms with Crippen LogP contribution < -0.4 is 5.32 Å². The third-order valence-electron chi connectivity index (χ3n) is 2.77. The van der Waals surface area contributed by atoms with Crippen LogP contribution in [-0.2, 0) is 4.79 Å². The van der Waals surface area contributed by atoms with Crippen molar-refractivity contribution in [3.8, 4) is 0 Å². The van der Waals surface area contributed by atoms with E-state index in [1.54, 1.807) is 0 Å². The summed E-state index contributed by atoms with van der Waals surface area (Å²) in [6.45, 7) is 2.16. The molecule has 2 heteroatoms. The summed E-state index contributed by atoms with van der Waals surface area (Å²) in [5.41, 5.74) is 0. The molecule has 14 heavy (non-hydrogen) atoms. The summed E-state index contributed by atoms with van der Waals surface area (Å²) in [6.07, 6.45) is 11.2. The molecule has 1 aliphatic carbocycles. The molecule has 0 aromatic rings. The van der Waals surface area contributed by atoms with Gasteiger partial charge in [0, 0.05) is 12.5 Å². The first-order chi connectivity index (χ1) is 6.83. The van der Waals surface area contributed by atoms with Crippen molar-refractivity contribution >= 4 is 5.91 Å². The van der Waals surface area contributed by atoms with E-state index in [-0.39, 0.29) is 5.91 Å². The molecule has 0 aromatic carbocycles. The van der Waals surface area contributed by atoms with E-state index in [2.05, 4.69) is 18.7 Å². The molecule has 0 bridgehead atoms. The molecule has 1 aliphatic rings. The molecule has 0 saturated heterocycles. The van der Waals surface area contributed by atoms with Crippen molar-refractivity contribution in [2.24, 2.45) is 0 Å². The fourth-order valence-electron chi connectivity index (χ4n) is 1.89. The number of carbonyl (C=O) groups is 1. The van der Waals surface area contributed by atoms with Crippen LogP contribution in [0.4, 0.5) is 0 Å². The van der Waals surface area contributed by atoms with Gasteiger partial charge in [-0.15, -0.1) is 0 Å². The largest absolute Gasteiger partial charge is 0.353 e. The topological polar surface area (TPSA) is 29.1 Å². The van der Waals surface area contributed by atoms with Crippen LogP contribution in [0.1, 0.15) is 58.3 Å². The monoisotopic (exact) mass is 196 g/mol. The maximum absolute atomic E-state index is 11.5. The van der Waals surface area contributed by atoms with Gasteiger partial charge < -0.3 is 5.32 Å². The molecule has 0 unspecified atom stereocenters. The molecule has 1 N–H and O–H groups in total. The van der Waals surface area contributed by atoms with Crippen molar-refractivity contribution in [1.82, 2.24) is 5.32 Å². The normalized spacial score (nSPS) is 18.1. The lowest BCUT2D eigenvalue weighted by Crippen LogP contribution is -2.36. The number of amides is 1. The zero-order valence-corrected chi connectivity index (χ0v) is 9.22. The molecule has 1 saturated carbocycles. The first-order valence-corrected chi connectivity index (χ1v) is 5.95. The second-order valence-corrected chi connectivity index (χ2v) is 4.15. The molecule has 0 aliphatic heterocycles. The van der Waals surface area contributed by atoms with E-state index in [9.17, 15) is 4.79 Å². The number of carbonyl (C=O) groups excluding carboxylic acids is 1. The van der Waals surface area contributed by atoms with Crippen molar-refractivity contribution in [2.75, 3.05) is 0 Å². The lowest BCUT2D eigenvalue weighted by molar-refractivity contribution is -0.121. The minimum atomic E-state index is 0.238. The summed E-state index contributed by atoms with van der Waals surface area (Å²) in [7, 11) is 0. The molecule has 1 radical (unpaired) electrons. The first kappa shape index (κ1) is 11.5. The smallest absolute Gasteiger partial charge is 0.220 e. The van der Waals surface area contributed by atoms with Crippen molar-refractivity contribution in [3.05, 3.63) is 6.42 Å². The molecular formula is C12H22NO. The summed E-state index contributed by atoms with van der Waals surface area (Å²) >= 11 is 0. The van der Waals surface area contributed by atoms with Gasteiger partial charge in [0.15, 0.2) is 0 Å². The van der Waals surface area contributed by atoms with E-state index >= 15 is 0 Å². The van der Waals surface area contributed by atoms with Gasteiger partial charge in [-0.2, -0.15) is 0 Å². The number of unbranched alkanes of at least 4 members (excludes halogenated alkanes) is 2. The second-order valence-electron chi connectivity index (χ2n) is 4.15. The SMILES string of the molecule is CCCCCC(=O)N[C@@H]1[CH]CCCC1. The van der Waals surface area contributed by atoms with Gasteiger partial charge in [-0.1, -0.05) is 32.6 Å². The van der Waals surface area contributed by atoms with Crippen LogP contribution in [0.5, 0.6) is 0 Å². The third kappa shape index (κ3) is 4.64. The molecule has 2 nitrogen and oxygen atoms in total. The molecule has 1 fully saturated rings. The Labute approximate surface area is 87.5 Å². The van der Waals surface area contributed by atoms with Crippen LogP contribution in [0.2, 0.25) is 0 Å². The fourth-order valence-corrected chi connectivity index (χ4v) is 1.89. The Kier molecular flexibility index (Phi) is 5.65. The van der Waals surface area contributed by atoms with E-state index in [4.69, 9.17) is 0 Å². The van der Waals surface area contributed by atoms with Crippen molar-refractivity contribution < 1.29 is 4.79 Å². The Balaban J connectivity index is 2.06. The standard InChI is InChI=1S/C12H22NO/c1-2-3-5-10-12(14)13-11-8-6-4-7-9-11/h8,11H,2-7,9-10H2,1H3,(H,13,14)/t11-/m1/s1. The van der Waals surface area contributed by atoms with E-state index in [0.717, 1.165) is 12.8 Å². The van der Waals surface area contributed by atoms with Crippen LogP contribution in [0, 0.1) is 6.42 Å². The molecule has 81 valence electrons. The van der Waals surface area contributed by atoms with Crippen LogP contribution in [0.3, 0.4) is 0 Å². The Morgan fingerprint density at radius 3 is 2.93 bits per heavy atom. The third-order valence-corrected chi connectivity index (χ3v) is 2.77. The Morgan fingerprint density at radius 1 is 1.43 bits per heavy atom. The first-order valence-electron chi connectivity index (χ1n) is 5.95. The molecule has 0 aromatic heterocycles. The van der Waals surface area contributed by atoms with Crippen LogP contribution >= 0.6 is 0 Å². The highest BCUT2D eigenvalue weighted by molar-refractivity contribution is 5.76. The molecule has 0 heterocycles. The van der Waals surface area contributed by atoms with E-state index < -0.39 is 0 Å². The van der Waals surface area contributed by atoms with Gasteiger partial charge in [0.25, 0.3) is 0 Å². The zero-order valence-electron chi connectivity index (χ0n) is 9.22. The van der Waals surface area contributed by atoms with Gasteiger partial charge in [0.2, 0.25) is 5.91 Å². The Hall–Kier alpha value is -0.530. The van der Waals surface area contributed by atoms with Gasteiger partial charge in [-0.3, -0.25) is 4.79 Å². The number of hydrogen-bond acceptors (Lipinski definition) is 1. The maximum Gasteiger partial charge on any atom is 0.220 e. The maximum atomic E-state index is 11.5. The Morgan fingerprint density at radius 2 is 2.29 bits per heavy atom. The highest BCUT2D eigenvalue weighted by Gasteiger charge is 2.15. The van der Waals surface area contributed by atoms with E-state index in [0.29, 0.717) is 12.5 Å². The average molecular weight is 196 g/mol. The minimum absolute atomic E-state index is 0.238. The minimum Gasteiger partial charge on any atom is -0.353 e. The summed E-state index contributed by atoms with van der Waals surface area (Å²) in [6, 6.07) is 0.359. The number of hydrogen-bond donors (Lipinski definition) is 1. The quantitative estimate of drug-likeness (QED) is 0.673. The summed E-state index contributed by atoms with van der Waals surface area (Å²) in [4.78, 5) is 11.5. The molecule has 0 spiro atoms. The highest BCUT2D eigenvalue weighted by Crippen LogP contribution is 2.16. The average Bonchev–Trinajstić information content (AvgIpc) is 2.20. The highest BCUT2D eigenvalue weighted by atomic mass is 16.1. The molecular weight excluding hydrogens is 174 g/mol. The van der Waals surface area contributed by atoms with E-state index in [1.807, 2.05) is 0 Å². The molecule has 1 rings (SSSR count). The Bertz CT molecular complexity index is 162. The van der Waals surface area contributed by atoms with Gasteiger partial charge in [0.1, 0.15) is 0 Å². The van der Waals surface area contributed by atoms with Crippen LogP contribution in [0.15, 0.2) is 0 Å². The predicted molar refractivity (Wildman–Crippen MR) is 58.8 cm³/mol.